The Balaban J connectivity index is 0. The van der Waals surface area contributed by atoms with Crippen LogP contribution in [-0.4, -0.2) is 0 Å². The van der Waals surface area contributed by atoms with Gasteiger partial charge < -0.3 is 11.5 Å². The summed E-state index contributed by atoms with van der Waals surface area (Å²) in [6.45, 7) is 1.94. The molecule has 0 bridgehead atoms. The molecule has 0 amide bonds. The van der Waals surface area contributed by atoms with Crippen LogP contribution in [-0.2, 0) is 0 Å². The molecule has 0 saturated heterocycles. The molecule has 0 fully saturated rings. The second-order valence-electron chi connectivity index (χ2n) is 2.46. The first kappa shape index (κ1) is 14.1. The highest BCUT2D eigenvalue weighted by atomic mass is 35.5. The van der Waals surface area contributed by atoms with Crippen molar-refractivity contribution in [3.8, 4) is 0 Å². The molecule has 0 saturated carbocycles. The number of benzene rings is 1. The van der Waals surface area contributed by atoms with Crippen molar-refractivity contribution >= 4 is 30.5 Å². The van der Waals surface area contributed by atoms with Crippen LogP contribution in [0.25, 0.3) is 0 Å². The van der Waals surface area contributed by atoms with Gasteiger partial charge >= 0.3 is 0 Å². The lowest BCUT2D eigenvalue weighted by atomic mass is 10.1. The molecule has 1 aromatic rings. The molecule has 0 aliphatic carbocycles. The molecule has 0 heterocycles. The number of rotatable bonds is 1. The summed E-state index contributed by atoms with van der Waals surface area (Å²) in [6, 6.07) is 7.70. The highest BCUT2D eigenvalue weighted by Crippen LogP contribution is 2.12. The van der Waals surface area contributed by atoms with E-state index >= 15 is 0 Å². The summed E-state index contributed by atoms with van der Waals surface area (Å²) in [5, 5.41) is 0. The molecule has 2 nitrogen and oxygen atoms in total. The number of halogens is 2. The third-order valence-electron chi connectivity index (χ3n) is 1.44. The quantitative estimate of drug-likeness (QED) is 0.696. The van der Waals surface area contributed by atoms with Gasteiger partial charge in [0.15, 0.2) is 0 Å². The fraction of sp³-hybridized carbons (Fsp3) is 0.250. The third-order valence-corrected chi connectivity index (χ3v) is 1.44. The number of hydrogen-bond acceptors (Lipinski definition) is 2. The molecule has 4 N–H and O–H groups in total. The summed E-state index contributed by atoms with van der Waals surface area (Å²) in [6.07, 6.45) is 0. The average molecular weight is 209 g/mol. The molecule has 0 spiro atoms. The van der Waals surface area contributed by atoms with Crippen molar-refractivity contribution in [2.24, 2.45) is 5.73 Å². The van der Waals surface area contributed by atoms with Crippen LogP contribution < -0.4 is 11.5 Å². The van der Waals surface area contributed by atoms with Crippen molar-refractivity contribution in [2.75, 3.05) is 5.73 Å². The molecule has 0 aliphatic rings. The van der Waals surface area contributed by atoms with Crippen LogP contribution in [0.15, 0.2) is 24.3 Å². The predicted octanol–water partition coefficient (Wildman–Crippen LogP) is 2.13. The summed E-state index contributed by atoms with van der Waals surface area (Å²) < 4.78 is 0. The standard InChI is InChI=1S/C8H12N2.2ClH/c1-6(9)7-3-2-4-8(10)5-7;;/h2-6H,9-10H2,1H3;2*1H. The zero-order chi connectivity index (χ0) is 7.56. The molecule has 0 aliphatic heterocycles. The van der Waals surface area contributed by atoms with E-state index in [4.69, 9.17) is 11.5 Å². The van der Waals surface area contributed by atoms with Crippen molar-refractivity contribution in [3.05, 3.63) is 29.8 Å². The Bertz CT molecular complexity index is 226. The molecular formula is C8H14Cl2N2. The van der Waals surface area contributed by atoms with Gasteiger partial charge in [0.25, 0.3) is 0 Å². The first-order chi connectivity index (χ1) is 4.70. The number of hydrogen-bond donors (Lipinski definition) is 2. The van der Waals surface area contributed by atoms with Crippen LogP contribution in [0.5, 0.6) is 0 Å². The van der Waals surface area contributed by atoms with Crippen molar-refractivity contribution in [3.63, 3.8) is 0 Å². The van der Waals surface area contributed by atoms with E-state index in [9.17, 15) is 0 Å². The SMILES string of the molecule is CC(N)c1cccc(N)c1.Cl.Cl. The van der Waals surface area contributed by atoms with Crippen molar-refractivity contribution in [1.29, 1.82) is 0 Å². The van der Waals surface area contributed by atoms with Crippen LogP contribution in [0.1, 0.15) is 18.5 Å². The second-order valence-corrected chi connectivity index (χ2v) is 2.46. The minimum absolute atomic E-state index is 0. The van der Waals surface area contributed by atoms with E-state index in [1.54, 1.807) is 0 Å². The lowest BCUT2D eigenvalue weighted by Crippen LogP contribution is -2.04. The Morgan fingerprint density at radius 2 is 1.83 bits per heavy atom. The van der Waals surface area contributed by atoms with Gasteiger partial charge in [-0.05, 0) is 24.6 Å². The van der Waals surface area contributed by atoms with Crippen molar-refractivity contribution in [1.82, 2.24) is 0 Å². The minimum atomic E-state index is 0. The van der Waals surface area contributed by atoms with Crippen LogP contribution >= 0.6 is 24.8 Å². The largest absolute Gasteiger partial charge is 0.399 e. The number of anilines is 1. The zero-order valence-corrected chi connectivity index (χ0v) is 8.49. The smallest absolute Gasteiger partial charge is 0.0317 e. The zero-order valence-electron chi connectivity index (χ0n) is 6.86. The third kappa shape index (κ3) is 3.81. The predicted molar refractivity (Wildman–Crippen MR) is 58.0 cm³/mol. The summed E-state index contributed by atoms with van der Waals surface area (Å²) in [5.74, 6) is 0. The van der Waals surface area contributed by atoms with E-state index in [1.807, 2.05) is 31.2 Å². The number of nitrogen functional groups attached to an aromatic ring is 1. The molecular weight excluding hydrogens is 195 g/mol. The average Bonchev–Trinajstić information content (AvgIpc) is 1.88. The van der Waals surface area contributed by atoms with Gasteiger partial charge in [0, 0.05) is 11.7 Å². The van der Waals surface area contributed by atoms with E-state index < -0.39 is 0 Å². The molecule has 0 radical (unpaired) electrons. The Kier molecular flexibility index (Phi) is 7.19. The Morgan fingerprint density at radius 1 is 1.25 bits per heavy atom. The monoisotopic (exact) mass is 208 g/mol. The highest BCUT2D eigenvalue weighted by molar-refractivity contribution is 5.85. The first-order valence-electron chi connectivity index (χ1n) is 3.31. The Labute approximate surface area is 85.1 Å². The van der Waals surface area contributed by atoms with Gasteiger partial charge in [-0.15, -0.1) is 24.8 Å². The van der Waals surface area contributed by atoms with E-state index in [1.165, 1.54) is 0 Å². The minimum Gasteiger partial charge on any atom is -0.399 e. The van der Waals surface area contributed by atoms with E-state index in [2.05, 4.69) is 0 Å². The molecule has 12 heavy (non-hydrogen) atoms. The molecule has 0 aromatic heterocycles. The van der Waals surface area contributed by atoms with E-state index in [0.717, 1.165) is 11.3 Å². The maximum Gasteiger partial charge on any atom is 0.0317 e. The van der Waals surface area contributed by atoms with Gasteiger partial charge in [0.2, 0.25) is 0 Å². The topological polar surface area (TPSA) is 52.0 Å². The molecule has 1 atom stereocenters. The first-order valence-corrected chi connectivity index (χ1v) is 3.31. The maximum atomic E-state index is 5.63. The van der Waals surface area contributed by atoms with Crippen LogP contribution in [0.2, 0.25) is 0 Å². The normalized spacial score (nSPS) is 10.8. The molecule has 4 heteroatoms. The van der Waals surface area contributed by atoms with Gasteiger partial charge in [-0.2, -0.15) is 0 Å². The molecule has 1 rings (SSSR count). The van der Waals surface area contributed by atoms with Crippen molar-refractivity contribution < 1.29 is 0 Å². The lowest BCUT2D eigenvalue weighted by Gasteiger charge is -2.04. The summed E-state index contributed by atoms with van der Waals surface area (Å²) in [5.41, 5.74) is 13.0. The molecule has 1 aromatic carbocycles. The van der Waals surface area contributed by atoms with Gasteiger partial charge in [-0.3, -0.25) is 0 Å². The van der Waals surface area contributed by atoms with Gasteiger partial charge in [0.1, 0.15) is 0 Å². The fourth-order valence-corrected chi connectivity index (χ4v) is 0.842. The van der Waals surface area contributed by atoms with E-state index in [-0.39, 0.29) is 30.9 Å². The van der Waals surface area contributed by atoms with E-state index in [0.29, 0.717) is 0 Å². The maximum absolute atomic E-state index is 5.63. The highest BCUT2D eigenvalue weighted by Gasteiger charge is 1.96. The summed E-state index contributed by atoms with van der Waals surface area (Å²) in [4.78, 5) is 0. The molecule has 1 unspecified atom stereocenters. The Morgan fingerprint density at radius 3 is 2.17 bits per heavy atom. The Hall–Kier alpha value is -0.440. The van der Waals surface area contributed by atoms with Crippen molar-refractivity contribution in [2.45, 2.75) is 13.0 Å². The lowest BCUT2D eigenvalue weighted by molar-refractivity contribution is 0.819. The van der Waals surface area contributed by atoms with Crippen LogP contribution in [0, 0.1) is 0 Å². The van der Waals surface area contributed by atoms with Gasteiger partial charge in [-0.25, -0.2) is 0 Å². The number of nitrogens with two attached hydrogens (primary N) is 2. The van der Waals surface area contributed by atoms with Crippen LogP contribution in [0.3, 0.4) is 0 Å². The fourth-order valence-electron chi connectivity index (χ4n) is 0.842. The summed E-state index contributed by atoms with van der Waals surface area (Å²) in [7, 11) is 0. The molecule has 70 valence electrons. The second kappa shape index (κ2) is 6.12. The van der Waals surface area contributed by atoms with Gasteiger partial charge in [0.05, 0.1) is 0 Å². The van der Waals surface area contributed by atoms with Gasteiger partial charge in [-0.1, -0.05) is 12.1 Å². The summed E-state index contributed by atoms with van der Waals surface area (Å²) >= 11 is 0. The van der Waals surface area contributed by atoms with Crippen LogP contribution in [0.4, 0.5) is 5.69 Å².